The van der Waals surface area contributed by atoms with Crippen LogP contribution in [0, 0.1) is 0 Å². The number of aromatic nitrogens is 2. The molecule has 22 heavy (non-hydrogen) atoms. The Bertz CT molecular complexity index is 653. The molecule has 0 spiro atoms. The summed E-state index contributed by atoms with van der Waals surface area (Å²) in [4.78, 5) is 10.9. The van der Waals surface area contributed by atoms with E-state index in [2.05, 4.69) is 14.9 Å². The smallest absolute Gasteiger partial charge is 0.220 e. The van der Waals surface area contributed by atoms with Gasteiger partial charge in [0.25, 0.3) is 0 Å². The number of nitrogens with two attached hydrogens (primary N) is 2. The van der Waals surface area contributed by atoms with Gasteiger partial charge in [-0.1, -0.05) is 12.1 Å². The number of hydrogen-bond donors (Lipinski definition) is 2. The van der Waals surface area contributed by atoms with Crippen LogP contribution in [0.2, 0.25) is 0 Å². The Morgan fingerprint density at radius 3 is 2.68 bits per heavy atom. The van der Waals surface area contributed by atoms with Gasteiger partial charge in [0.2, 0.25) is 5.95 Å². The number of benzene rings is 1. The molecule has 4 N–H and O–H groups in total. The van der Waals surface area contributed by atoms with Crippen molar-refractivity contribution < 1.29 is 4.74 Å². The second-order valence-electron chi connectivity index (χ2n) is 5.49. The van der Waals surface area contributed by atoms with Crippen LogP contribution in [-0.4, -0.2) is 36.2 Å². The lowest BCUT2D eigenvalue weighted by molar-refractivity contribution is 0.416. The van der Waals surface area contributed by atoms with Crippen molar-refractivity contribution in [3.05, 3.63) is 30.5 Å². The summed E-state index contributed by atoms with van der Waals surface area (Å²) in [6.45, 7) is 1.80. The first-order valence-corrected chi connectivity index (χ1v) is 7.45. The topological polar surface area (TPSA) is 90.3 Å². The fourth-order valence-electron chi connectivity index (χ4n) is 2.80. The first-order valence-electron chi connectivity index (χ1n) is 7.45. The summed E-state index contributed by atoms with van der Waals surface area (Å²) in [6.07, 6.45) is 3.73. The molecule has 3 rings (SSSR count). The van der Waals surface area contributed by atoms with Gasteiger partial charge in [-0.2, -0.15) is 0 Å². The molecule has 1 aromatic heterocycles. The van der Waals surface area contributed by atoms with Crippen molar-refractivity contribution in [2.45, 2.75) is 18.9 Å². The van der Waals surface area contributed by atoms with E-state index in [-0.39, 0.29) is 12.0 Å². The van der Waals surface area contributed by atoms with E-state index in [1.54, 1.807) is 13.3 Å². The molecule has 1 saturated heterocycles. The van der Waals surface area contributed by atoms with Crippen LogP contribution in [0.3, 0.4) is 0 Å². The monoisotopic (exact) mass is 299 g/mol. The number of nitrogen functional groups attached to an aromatic ring is 1. The van der Waals surface area contributed by atoms with Gasteiger partial charge < -0.3 is 21.1 Å². The summed E-state index contributed by atoms with van der Waals surface area (Å²) in [7, 11) is 1.66. The van der Waals surface area contributed by atoms with E-state index >= 15 is 0 Å². The molecule has 1 aromatic carbocycles. The second-order valence-corrected chi connectivity index (χ2v) is 5.49. The fourth-order valence-corrected chi connectivity index (χ4v) is 2.80. The number of ether oxygens (including phenoxy) is 1. The van der Waals surface area contributed by atoms with Crippen LogP contribution in [0.25, 0.3) is 11.3 Å². The van der Waals surface area contributed by atoms with Gasteiger partial charge in [-0.05, 0) is 25.0 Å². The summed E-state index contributed by atoms with van der Waals surface area (Å²) in [5.74, 6) is 1.04. The molecular weight excluding hydrogens is 278 g/mol. The molecule has 6 heteroatoms. The molecule has 0 aliphatic carbocycles. The van der Waals surface area contributed by atoms with E-state index in [0.29, 0.717) is 0 Å². The van der Waals surface area contributed by atoms with E-state index < -0.39 is 0 Å². The normalized spacial score (nSPS) is 15.8. The molecule has 0 atom stereocenters. The number of rotatable bonds is 3. The molecule has 1 aliphatic heterocycles. The SMILES string of the molecule is COc1ccccc1-c1nc(N)ncc1N1CCC(N)CC1. The number of anilines is 2. The molecule has 0 unspecified atom stereocenters. The molecule has 116 valence electrons. The van der Waals surface area contributed by atoms with Crippen LogP contribution in [-0.2, 0) is 0 Å². The average molecular weight is 299 g/mol. The van der Waals surface area contributed by atoms with Gasteiger partial charge in [0, 0.05) is 24.7 Å². The summed E-state index contributed by atoms with van der Waals surface area (Å²) < 4.78 is 5.46. The number of nitrogens with zero attached hydrogens (tertiary/aromatic N) is 3. The van der Waals surface area contributed by atoms with Crippen molar-refractivity contribution in [2.75, 3.05) is 30.8 Å². The minimum absolute atomic E-state index is 0.262. The first kappa shape index (κ1) is 14.6. The quantitative estimate of drug-likeness (QED) is 0.896. The molecule has 0 radical (unpaired) electrons. The molecule has 0 amide bonds. The lowest BCUT2D eigenvalue weighted by Crippen LogP contribution is -2.40. The maximum Gasteiger partial charge on any atom is 0.220 e. The van der Waals surface area contributed by atoms with E-state index in [4.69, 9.17) is 16.2 Å². The standard InChI is InChI=1S/C16H21N5O/c1-22-14-5-3-2-4-12(14)15-13(10-19-16(18)20-15)21-8-6-11(17)7-9-21/h2-5,10-11H,6-9,17H2,1H3,(H2,18,19,20). The van der Waals surface area contributed by atoms with Gasteiger partial charge in [-0.25, -0.2) is 9.97 Å². The fraction of sp³-hybridized carbons (Fsp3) is 0.375. The molecule has 0 saturated carbocycles. The third kappa shape index (κ3) is 2.82. The van der Waals surface area contributed by atoms with Gasteiger partial charge in [0.1, 0.15) is 11.4 Å². The van der Waals surface area contributed by atoms with Crippen molar-refractivity contribution in [3.8, 4) is 17.0 Å². The van der Waals surface area contributed by atoms with Crippen molar-refractivity contribution in [2.24, 2.45) is 5.73 Å². The summed E-state index contributed by atoms with van der Waals surface area (Å²) in [6, 6.07) is 8.09. The molecule has 6 nitrogen and oxygen atoms in total. The second kappa shape index (κ2) is 6.19. The zero-order chi connectivity index (χ0) is 15.5. The highest BCUT2D eigenvalue weighted by atomic mass is 16.5. The Morgan fingerprint density at radius 2 is 1.95 bits per heavy atom. The lowest BCUT2D eigenvalue weighted by Gasteiger charge is -2.32. The highest BCUT2D eigenvalue weighted by Crippen LogP contribution is 2.35. The molecule has 2 aromatic rings. The first-order chi connectivity index (χ1) is 10.7. The van der Waals surface area contributed by atoms with Crippen LogP contribution in [0.15, 0.2) is 30.5 Å². The van der Waals surface area contributed by atoms with Crippen molar-refractivity contribution in [1.29, 1.82) is 0 Å². The number of para-hydroxylation sites is 1. The minimum Gasteiger partial charge on any atom is -0.496 e. The Labute approximate surface area is 130 Å². The van der Waals surface area contributed by atoms with Crippen molar-refractivity contribution in [1.82, 2.24) is 9.97 Å². The van der Waals surface area contributed by atoms with Gasteiger partial charge >= 0.3 is 0 Å². The Morgan fingerprint density at radius 1 is 1.23 bits per heavy atom. The molecular formula is C16H21N5O. The van der Waals surface area contributed by atoms with Crippen LogP contribution >= 0.6 is 0 Å². The minimum atomic E-state index is 0.262. The van der Waals surface area contributed by atoms with Crippen LogP contribution in [0.5, 0.6) is 5.75 Å². The van der Waals surface area contributed by atoms with Crippen molar-refractivity contribution >= 4 is 11.6 Å². The van der Waals surface area contributed by atoms with E-state index in [0.717, 1.165) is 48.6 Å². The number of piperidine rings is 1. The Balaban J connectivity index is 2.05. The molecule has 2 heterocycles. The average Bonchev–Trinajstić information content (AvgIpc) is 2.56. The van der Waals surface area contributed by atoms with E-state index in [1.807, 2.05) is 24.3 Å². The van der Waals surface area contributed by atoms with Crippen LogP contribution in [0.4, 0.5) is 11.6 Å². The Hall–Kier alpha value is -2.34. The van der Waals surface area contributed by atoms with E-state index in [9.17, 15) is 0 Å². The largest absolute Gasteiger partial charge is 0.496 e. The number of hydrogen-bond acceptors (Lipinski definition) is 6. The highest BCUT2D eigenvalue weighted by Gasteiger charge is 2.22. The number of methoxy groups -OCH3 is 1. The van der Waals surface area contributed by atoms with Crippen LogP contribution < -0.4 is 21.1 Å². The Kier molecular flexibility index (Phi) is 4.11. The summed E-state index contributed by atoms with van der Waals surface area (Å²) in [5, 5.41) is 0. The lowest BCUT2D eigenvalue weighted by atomic mass is 10.0. The molecule has 0 bridgehead atoms. The summed E-state index contributed by atoms with van der Waals surface area (Å²) >= 11 is 0. The van der Waals surface area contributed by atoms with Gasteiger partial charge in [-0.15, -0.1) is 0 Å². The zero-order valence-electron chi connectivity index (χ0n) is 12.7. The maximum absolute atomic E-state index is 6.00. The maximum atomic E-state index is 6.00. The predicted octanol–water partition coefficient (Wildman–Crippen LogP) is 1.66. The predicted molar refractivity (Wildman–Crippen MR) is 87.9 cm³/mol. The van der Waals surface area contributed by atoms with Crippen LogP contribution in [0.1, 0.15) is 12.8 Å². The molecule has 1 aliphatic rings. The van der Waals surface area contributed by atoms with Crippen molar-refractivity contribution in [3.63, 3.8) is 0 Å². The van der Waals surface area contributed by atoms with Gasteiger partial charge in [-0.3, -0.25) is 0 Å². The third-order valence-electron chi connectivity index (χ3n) is 4.03. The summed E-state index contributed by atoms with van der Waals surface area (Å²) in [5.41, 5.74) is 14.5. The van der Waals surface area contributed by atoms with E-state index in [1.165, 1.54) is 0 Å². The highest BCUT2D eigenvalue weighted by molar-refractivity contribution is 5.79. The van der Waals surface area contributed by atoms with Gasteiger partial charge in [0.15, 0.2) is 0 Å². The zero-order valence-corrected chi connectivity index (χ0v) is 12.7. The third-order valence-corrected chi connectivity index (χ3v) is 4.03. The molecule has 1 fully saturated rings. The van der Waals surface area contributed by atoms with Gasteiger partial charge in [0.05, 0.1) is 19.0 Å².